The third kappa shape index (κ3) is 4.48. The lowest BCUT2D eigenvalue weighted by Crippen LogP contribution is -1.96. The SMILES string of the molecule is Fc1ccc(COc2cccc(C=NNc3nc4ccccc4s3)c2)cc1. The first-order chi connectivity index (χ1) is 13.3. The largest absolute Gasteiger partial charge is 0.489 e. The molecule has 0 radical (unpaired) electrons. The Labute approximate surface area is 160 Å². The highest BCUT2D eigenvalue weighted by Crippen LogP contribution is 2.25. The monoisotopic (exact) mass is 377 g/mol. The number of nitrogens with zero attached hydrogens (tertiary/aromatic N) is 2. The Bertz CT molecular complexity index is 1040. The molecule has 0 amide bonds. The van der Waals surface area contributed by atoms with Crippen LogP contribution in [0.4, 0.5) is 9.52 Å². The van der Waals surface area contributed by atoms with Crippen LogP contribution >= 0.6 is 11.3 Å². The first kappa shape index (κ1) is 17.2. The predicted octanol–water partition coefficient (Wildman–Crippen LogP) is 5.46. The standard InChI is InChI=1S/C21H16FN3OS/c22-17-10-8-15(9-11-17)14-26-18-5-3-4-16(12-18)13-23-25-21-24-19-6-1-2-7-20(19)27-21/h1-13H,14H2,(H,24,25). The van der Waals surface area contributed by atoms with Crippen LogP contribution in [0, 0.1) is 5.82 Å². The highest BCUT2D eigenvalue weighted by atomic mass is 32.1. The number of hydrazone groups is 1. The van der Waals surface area contributed by atoms with Gasteiger partial charge in [-0.25, -0.2) is 9.37 Å². The molecule has 0 unspecified atom stereocenters. The fourth-order valence-electron chi connectivity index (χ4n) is 2.51. The maximum atomic E-state index is 12.9. The summed E-state index contributed by atoms with van der Waals surface area (Å²) in [6, 6.07) is 21.8. The molecule has 0 aliphatic heterocycles. The third-order valence-electron chi connectivity index (χ3n) is 3.84. The summed E-state index contributed by atoms with van der Waals surface area (Å²) in [6.45, 7) is 0.380. The number of thiazole rings is 1. The van der Waals surface area contributed by atoms with Gasteiger partial charge in [-0.3, -0.25) is 5.43 Å². The van der Waals surface area contributed by atoms with Crippen molar-refractivity contribution >= 4 is 32.9 Å². The lowest BCUT2D eigenvalue weighted by atomic mass is 10.2. The molecule has 0 aliphatic carbocycles. The van der Waals surface area contributed by atoms with Gasteiger partial charge in [0.25, 0.3) is 0 Å². The van der Waals surface area contributed by atoms with Crippen LogP contribution in [0.1, 0.15) is 11.1 Å². The zero-order chi connectivity index (χ0) is 18.5. The van der Waals surface area contributed by atoms with Gasteiger partial charge in [0.2, 0.25) is 5.13 Å². The number of anilines is 1. The van der Waals surface area contributed by atoms with E-state index in [0.717, 1.165) is 32.2 Å². The number of hydrogen-bond acceptors (Lipinski definition) is 5. The number of aromatic nitrogens is 1. The Morgan fingerprint density at radius 1 is 1.04 bits per heavy atom. The molecule has 4 rings (SSSR count). The van der Waals surface area contributed by atoms with Gasteiger partial charge in [-0.1, -0.05) is 47.7 Å². The Hall–Kier alpha value is -3.25. The van der Waals surface area contributed by atoms with Crippen molar-refractivity contribution in [3.63, 3.8) is 0 Å². The zero-order valence-corrected chi connectivity index (χ0v) is 15.1. The third-order valence-corrected chi connectivity index (χ3v) is 4.79. The molecule has 0 bridgehead atoms. The number of ether oxygens (including phenoxy) is 1. The quantitative estimate of drug-likeness (QED) is 0.358. The van der Waals surface area contributed by atoms with E-state index in [1.165, 1.54) is 12.1 Å². The smallest absolute Gasteiger partial charge is 0.204 e. The van der Waals surface area contributed by atoms with Crippen LogP contribution in [0.25, 0.3) is 10.2 Å². The summed E-state index contributed by atoms with van der Waals surface area (Å²) < 4.78 is 19.8. The lowest BCUT2D eigenvalue weighted by Gasteiger charge is -2.07. The Kier molecular flexibility index (Phi) is 5.07. The molecule has 6 heteroatoms. The van der Waals surface area contributed by atoms with Crippen molar-refractivity contribution in [2.24, 2.45) is 5.10 Å². The highest BCUT2D eigenvalue weighted by Gasteiger charge is 2.01. The summed E-state index contributed by atoms with van der Waals surface area (Å²) >= 11 is 1.55. The molecule has 4 aromatic rings. The predicted molar refractivity (Wildman–Crippen MR) is 108 cm³/mol. The molecule has 1 aromatic heterocycles. The van der Waals surface area contributed by atoms with Gasteiger partial charge in [0.05, 0.1) is 16.4 Å². The van der Waals surface area contributed by atoms with Crippen LogP contribution < -0.4 is 10.2 Å². The molecule has 1 heterocycles. The van der Waals surface area contributed by atoms with Crippen LogP contribution in [0.3, 0.4) is 0 Å². The fraction of sp³-hybridized carbons (Fsp3) is 0.0476. The van der Waals surface area contributed by atoms with Gasteiger partial charge in [0, 0.05) is 0 Å². The van der Waals surface area contributed by atoms with Crippen molar-refractivity contribution in [2.75, 3.05) is 5.43 Å². The second-order valence-corrected chi connectivity index (χ2v) is 6.88. The first-order valence-electron chi connectivity index (χ1n) is 8.38. The van der Waals surface area contributed by atoms with Crippen molar-refractivity contribution < 1.29 is 9.13 Å². The van der Waals surface area contributed by atoms with Gasteiger partial charge in [0.15, 0.2) is 0 Å². The second kappa shape index (κ2) is 7.97. The molecule has 0 saturated carbocycles. The van der Waals surface area contributed by atoms with Crippen molar-refractivity contribution in [1.82, 2.24) is 4.98 Å². The van der Waals surface area contributed by atoms with Crippen molar-refractivity contribution in [2.45, 2.75) is 6.61 Å². The van der Waals surface area contributed by atoms with E-state index in [1.54, 1.807) is 29.7 Å². The summed E-state index contributed by atoms with van der Waals surface area (Å²) in [4.78, 5) is 4.47. The van der Waals surface area contributed by atoms with E-state index in [9.17, 15) is 4.39 Å². The molecule has 134 valence electrons. The number of halogens is 1. The number of hydrogen-bond donors (Lipinski definition) is 1. The van der Waals surface area contributed by atoms with Crippen LogP contribution in [0.15, 0.2) is 77.9 Å². The summed E-state index contributed by atoms with van der Waals surface area (Å²) in [7, 11) is 0. The number of rotatable bonds is 6. The summed E-state index contributed by atoms with van der Waals surface area (Å²) in [5.74, 6) is 0.473. The Morgan fingerprint density at radius 3 is 2.74 bits per heavy atom. The van der Waals surface area contributed by atoms with Crippen LogP contribution in [0.2, 0.25) is 0 Å². The highest BCUT2D eigenvalue weighted by molar-refractivity contribution is 7.22. The molecule has 4 nitrogen and oxygen atoms in total. The van der Waals surface area contributed by atoms with E-state index in [0.29, 0.717) is 6.61 Å². The van der Waals surface area contributed by atoms with Gasteiger partial charge in [0.1, 0.15) is 18.2 Å². The van der Waals surface area contributed by atoms with Gasteiger partial charge in [-0.15, -0.1) is 0 Å². The molecular formula is C21H16FN3OS. The van der Waals surface area contributed by atoms with Crippen molar-refractivity contribution in [1.29, 1.82) is 0 Å². The maximum Gasteiger partial charge on any atom is 0.204 e. The fourth-order valence-corrected chi connectivity index (χ4v) is 3.33. The molecule has 0 atom stereocenters. The van der Waals surface area contributed by atoms with E-state index in [4.69, 9.17) is 4.74 Å². The number of fused-ring (bicyclic) bond motifs is 1. The molecular weight excluding hydrogens is 361 g/mol. The Morgan fingerprint density at radius 2 is 1.89 bits per heavy atom. The minimum atomic E-state index is -0.252. The van der Waals surface area contributed by atoms with Crippen LogP contribution in [0.5, 0.6) is 5.75 Å². The molecule has 0 fully saturated rings. The van der Waals surface area contributed by atoms with Gasteiger partial charge < -0.3 is 4.74 Å². The molecule has 0 spiro atoms. The van der Waals surface area contributed by atoms with Crippen LogP contribution in [-0.4, -0.2) is 11.2 Å². The lowest BCUT2D eigenvalue weighted by molar-refractivity contribution is 0.306. The minimum absolute atomic E-state index is 0.252. The summed E-state index contributed by atoms with van der Waals surface area (Å²) in [6.07, 6.45) is 1.72. The topological polar surface area (TPSA) is 46.5 Å². The first-order valence-corrected chi connectivity index (χ1v) is 9.20. The average molecular weight is 377 g/mol. The molecule has 1 N–H and O–H groups in total. The molecule has 0 saturated heterocycles. The summed E-state index contributed by atoms with van der Waals surface area (Å²) in [5.41, 5.74) is 5.73. The van der Waals surface area contributed by atoms with Gasteiger partial charge >= 0.3 is 0 Å². The second-order valence-electron chi connectivity index (χ2n) is 5.84. The van der Waals surface area contributed by atoms with E-state index < -0.39 is 0 Å². The van der Waals surface area contributed by atoms with E-state index in [-0.39, 0.29) is 5.82 Å². The van der Waals surface area contributed by atoms with Crippen LogP contribution in [-0.2, 0) is 6.61 Å². The zero-order valence-electron chi connectivity index (χ0n) is 14.3. The van der Waals surface area contributed by atoms with E-state index in [1.807, 2.05) is 48.5 Å². The Balaban J connectivity index is 1.38. The van der Waals surface area contributed by atoms with Gasteiger partial charge in [-0.2, -0.15) is 5.10 Å². The maximum absolute atomic E-state index is 12.9. The van der Waals surface area contributed by atoms with Crippen molar-refractivity contribution in [3.8, 4) is 5.75 Å². The molecule has 0 aliphatic rings. The number of benzene rings is 3. The molecule has 3 aromatic carbocycles. The summed E-state index contributed by atoms with van der Waals surface area (Å²) in [5, 5.41) is 5.00. The normalized spacial score (nSPS) is 11.1. The number of para-hydroxylation sites is 1. The van der Waals surface area contributed by atoms with E-state index >= 15 is 0 Å². The van der Waals surface area contributed by atoms with E-state index in [2.05, 4.69) is 15.5 Å². The van der Waals surface area contributed by atoms with Gasteiger partial charge in [-0.05, 0) is 47.5 Å². The van der Waals surface area contributed by atoms with Crippen molar-refractivity contribution in [3.05, 3.63) is 89.7 Å². The average Bonchev–Trinajstić information content (AvgIpc) is 3.11. The number of nitrogens with one attached hydrogen (secondary N) is 1. The minimum Gasteiger partial charge on any atom is -0.489 e. The molecule has 27 heavy (non-hydrogen) atoms.